The van der Waals surface area contributed by atoms with Crippen molar-refractivity contribution in [3.63, 3.8) is 0 Å². The summed E-state index contributed by atoms with van der Waals surface area (Å²) in [6.45, 7) is 1.98. The summed E-state index contributed by atoms with van der Waals surface area (Å²) in [5, 5.41) is 8.43. The van der Waals surface area contributed by atoms with Gasteiger partial charge in [-0.25, -0.2) is 4.98 Å². The van der Waals surface area contributed by atoms with Crippen LogP contribution < -0.4 is 16.2 Å². The Bertz CT molecular complexity index is 881. The van der Waals surface area contributed by atoms with E-state index < -0.39 is 0 Å². The fourth-order valence-electron chi connectivity index (χ4n) is 3.10. The van der Waals surface area contributed by atoms with E-state index in [9.17, 15) is 4.79 Å². The van der Waals surface area contributed by atoms with Gasteiger partial charge in [-0.3, -0.25) is 4.79 Å². The maximum Gasteiger partial charge on any atom is 0.256 e. The van der Waals surface area contributed by atoms with E-state index in [0.29, 0.717) is 11.4 Å². The molecule has 0 spiro atoms. The number of aromatic amines is 1. The Morgan fingerprint density at radius 1 is 1.18 bits per heavy atom. The van der Waals surface area contributed by atoms with Crippen LogP contribution in [0.3, 0.4) is 0 Å². The summed E-state index contributed by atoms with van der Waals surface area (Å²) in [4.78, 5) is 19.7. The van der Waals surface area contributed by atoms with Gasteiger partial charge >= 0.3 is 0 Å². The molecule has 0 aliphatic carbocycles. The first-order valence-corrected chi connectivity index (χ1v) is 7.70. The maximum atomic E-state index is 12.1. The van der Waals surface area contributed by atoms with Crippen LogP contribution in [0.25, 0.3) is 21.8 Å². The molecule has 0 amide bonds. The molecule has 2 aromatic heterocycles. The van der Waals surface area contributed by atoms with Crippen molar-refractivity contribution in [2.45, 2.75) is 18.9 Å². The van der Waals surface area contributed by atoms with Crippen LogP contribution in [0.1, 0.15) is 12.8 Å². The lowest BCUT2D eigenvalue weighted by Crippen LogP contribution is -2.29. The van der Waals surface area contributed by atoms with Crippen molar-refractivity contribution in [2.75, 3.05) is 18.4 Å². The number of pyridine rings is 2. The molecule has 1 atom stereocenters. The largest absolute Gasteiger partial charge is 0.368 e. The molecule has 3 N–H and O–H groups in total. The number of hydrogen-bond donors (Lipinski definition) is 3. The molecule has 1 aliphatic rings. The molecule has 1 aliphatic heterocycles. The standard InChI is InChI=1S/C17H18N4O/c22-17-13-6-2-1-5-12(13)16-14(20-17)7-8-15(21-16)19-10-11-4-3-9-18-11/h1-2,5-8,11,18H,3-4,9-10H2,(H,19,21)(H,20,22). The second-order valence-electron chi connectivity index (χ2n) is 5.77. The summed E-state index contributed by atoms with van der Waals surface area (Å²) in [6, 6.07) is 11.9. The molecule has 0 bridgehead atoms. The molecule has 3 heterocycles. The maximum absolute atomic E-state index is 12.1. The monoisotopic (exact) mass is 294 g/mol. The van der Waals surface area contributed by atoms with Crippen molar-refractivity contribution in [3.8, 4) is 0 Å². The summed E-state index contributed by atoms with van der Waals surface area (Å²) in [6.07, 6.45) is 2.44. The van der Waals surface area contributed by atoms with Crippen molar-refractivity contribution in [2.24, 2.45) is 0 Å². The Morgan fingerprint density at radius 2 is 2.05 bits per heavy atom. The highest BCUT2D eigenvalue weighted by molar-refractivity contribution is 6.03. The Hall–Kier alpha value is -2.40. The minimum atomic E-state index is -0.0687. The number of nitrogens with zero attached hydrogens (tertiary/aromatic N) is 1. The van der Waals surface area contributed by atoms with Gasteiger partial charge in [0.05, 0.1) is 11.0 Å². The Morgan fingerprint density at radius 3 is 2.86 bits per heavy atom. The van der Waals surface area contributed by atoms with Gasteiger partial charge in [-0.05, 0) is 37.6 Å². The van der Waals surface area contributed by atoms with E-state index in [0.717, 1.165) is 35.3 Å². The first-order valence-electron chi connectivity index (χ1n) is 7.70. The predicted octanol–water partition coefficient (Wildman–Crippen LogP) is 2.24. The zero-order valence-corrected chi connectivity index (χ0v) is 12.2. The third kappa shape index (κ3) is 2.33. The van der Waals surface area contributed by atoms with Crippen LogP contribution in [0.2, 0.25) is 0 Å². The predicted molar refractivity (Wildman–Crippen MR) is 89.4 cm³/mol. The molecule has 3 aromatic rings. The second kappa shape index (κ2) is 5.42. The van der Waals surface area contributed by atoms with Gasteiger partial charge in [0.2, 0.25) is 0 Å². The molecule has 5 heteroatoms. The number of anilines is 1. The number of fused-ring (bicyclic) bond motifs is 3. The lowest BCUT2D eigenvalue weighted by molar-refractivity contribution is 0.632. The van der Waals surface area contributed by atoms with Gasteiger partial charge < -0.3 is 15.6 Å². The third-order valence-corrected chi connectivity index (χ3v) is 4.26. The van der Waals surface area contributed by atoms with E-state index in [4.69, 9.17) is 4.98 Å². The van der Waals surface area contributed by atoms with Gasteiger partial charge in [-0.2, -0.15) is 0 Å². The summed E-state index contributed by atoms with van der Waals surface area (Å²) in [5.41, 5.74) is 1.54. The SMILES string of the molecule is O=c1[nH]c2ccc(NCC3CCCN3)nc2c2ccccc12. The Labute approximate surface area is 127 Å². The fraction of sp³-hybridized carbons (Fsp3) is 0.294. The van der Waals surface area contributed by atoms with E-state index in [1.807, 2.05) is 36.4 Å². The molecule has 0 saturated carbocycles. The minimum absolute atomic E-state index is 0.0687. The molecule has 5 nitrogen and oxygen atoms in total. The lowest BCUT2D eigenvalue weighted by Gasteiger charge is -2.12. The first kappa shape index (κ1) is 13.3. The molecule has 1 fully saturated rings. The van der Waals surface area contributed by atoms with Crippen molar-refractivity contribution < 1.29 is 0 Å². The topological polar surface area (TPSA) is 69.8 Å². The van der Waals surface area contributed by atoms with E-state index in [1.165, 1.54) is 12.8 Å². The summed E-state index contributed by atoms with van der Waals surface area (Å²) >= 11 is 0. The average Bonchev–Trinajstić information content (AvgIpc) is 3.07. The van der Waals surface area contributed by atoms with Crippen LogP contribution in [-0.2, 0) is 0 Å². The summed E-state index contributed by atoms with van der Waals surface area (Å²) < 4.78 is 0. The second-order valence-corrected chi connectivity index (χ2v) is 5.77. The zero-order chi connectivity index (χ0) is 14.9. The highest BCUT2D eigenvalue weighted by Gasteiger charge is 2.13. The van der Waals surface area contributed by atoms with Crippen molar-refractivity contribution >= 4 is 27.6 Å². The van der Waals surface area contributed by atoms with Crippen molar-refractivity contribution in [3.05, 3.63) is 46.8 Å². The first-order chi connectivity index (χ1) is 10.8. The Balaban J connectivity index is 1.74. The van der Waals surface area contributed by atoms with Crippen LogP contribution >= 0.6 is 0 Å². The normalized spacial score (nSPS) is 18.1. The van der Waals surface area contributed by atoms with E-state index in [2.05, 4.69) is 15.6 Å². The smallest absolute Gasteiger partial charge is 0.256 e. The number of hydrogen-bond acceptors (Lipinski definition) is 4. The molecule has 1 unspecified atom stereocenters. The van der Waals surface area contributed by atoms with Gasteiger partial charge in [0, 0.05) is 23.4 Å². The van der Waals surface area contributed by atoms with Crippen LogP contribution in [0.15, 0.2) is 41.2 Å². The lowest BCUT2D eigenvalue weighted by atomic mass is 10.1. The van der Waals surface area contributed by atoms with Gasteiger partial charge in [-0.15, -0.1) is 0 Å². The fourth-order valence-corrected chi connectivity index (χ4v) is 3.10. The molecular weight excluding hydrogens is 276 g/mol. The molecule has 4 rings (SSSR count). The van der Waals surface area contributed by atoms with Gasteiger partial charge in [0.25, 0.3) is 5.56 Å². The number of H-pyrrole nitrogens is 1. The highest BCUT2D eigenvalue weighted by atomic mass is 16.1. The molecule has 1 saturated heterocycles. The average molecular weight is 294 g/mol. The van der Waals surface area contributed by atoms with Crippen molar-refractivity contribution in [1.82, 2.24) is 15.3 Å². The van der Waals surface area contributed by atoms with Gasteiger partial charge in [0.15, 0.2) is 0 Å². The van der Waals surface area contributed by atoms with Gasteiger partial charge in [0.1, 0.15) is 5.82 Å². The molecular formula is C17H18N4O. The number of aromatic nitrogens is 2. The molecule has 0 radical (unpaired) electrons. The third-order valence-electron chi connectivity index (χ3n) is 4.26. The van der Waals surface area contributed by atoms with Crippen LogP contribution in [0.5, 0.6) is 0 Å². The van der Waals surface area contributed by atoms with Crippen molar-refractivity contribution in [1.29, 1.82) is 0 Å². The quantitative estimate of drug-likeness (QED) is 0.648. The number of benzene rings is 1. The number of rotatable bonds is 3. The molecule has 112 valence electrons. The minimum Gasteiger partial charge on any atom is -0.368 e. The van der Waals surface area contributed by atoms with Gasteiger partial charge in [-0.1, -0.05) is 18.2 Å². The Kier molecular flexibility index (Phi) is 3.27. The van der Waals surface area contributed by atoms with Crippen LogP contribution in [0, 0.1) is 0 Å². The summed E-state index contributed by atoms with van der Waals surface area (Å²) in [7, 11) is 0. The molecule has 22 heavy (non-hydrogen) atoms. The van der Waals surface area contributed by atoms with Crippen LogP contribution in [-0.4, -0.2) is 29.1 Å². The van der Waals surface area contributed by atoms with E-state index >= 15 is 0 Å². The van der Waals surface area contributed by atoms with Crippen LogP contribution in [0.4, 0.5) is 5.82 Å². The van der Waals surface area contributed by atoms with E-state index in [-0.39, 0.29) is 5.56 Å². The highest BCUT2D eigenvalue weighted by Crippen LogP contribution is 2.21. The zero-order valence-electron chi connectivity index (χ0n) is 12.2. The molecule has 1 aromatic carbocycles. The summed E-state index contributed by atoms with van der Waals surface area (Å²) in [5.74, 6) is 0.846. The van der Waals surface area contributed by atoms with E-state index in [1.54, 1.807) is 0 Å². The number of nitrogens with one attached hydrogen (secondary N) is 3.